The van der Waals surface area contributed by atoms with Gasteiger partial charge in [-0.1, -0.05) is 30.0 Å². The summed E-state index contributed by atoms with van der Waals surface area (Å²) in [5.74, 6) is 0. The van der Waals surface area contributed by atoms with E-state index in [4.69, 9.17) is 4.55 Å². The molecule has 0 saturated heterocycles. The van der Waals surface area contributed by atoms with Crippen LogP contribution in [-0.4, -0.2) is 8.76 Å². The van der Waals surface area contributed by atoms with Gasteiger partial charge in [0.25, 0.3) is 0 Å². The average Bonchev–Trinajstić information content (AvgIpc) is 2.33. The molecule has 0 fully saturated rings. The number of thiol groups is 1. The second kappa shape index (κ2) is 7.46. The Morgan fingerprint density at radius 2 is 1.78 bits per heavy atom. The summed E-state index contributed by atoms with van der Waals surface area (Å²) < 4.78 is 20.0. The molecule has 0 aliphatic rings. The van der Waals surface area contributed by atoms with Crippen LogP contribution in [0.15, 0.2) is 68.1 Å². The van der Waals surface area contributed by atoms with Crippen LogP contribution in [0.3, 0.4) is 0 Å². The van der Waals surface area contributed by atoms with Gasteiger partial charge in [0.2, 0.25) is 0 Å². The molecule has 6 heteroatoms. The van der Waals surface area contributed by atoms with Crippen LogP contribution < -0.4 is 0 Å². The maximum Gasteiger partial charge on any atom is 0.186 e. The number of benzene rings is 2. The van der Waals surface area contributed by atoms with Crippen molar-refractivity contribution >= 4 is 35.5 Å². The zero-order valence-electron chi connectivity index (χ0n) is 9.45. The molecule has 0 aliphatic heterocycles. The van der Waals surface area contributed by atoms with Crippen LogP contribution in [0.2, 0.25) is 0 Å². The average molecular weight is 348 g/mol. The molecule has 0 amide bonds. The van der Waals surface area contributed by atoms with Gasteiger partial charge in [0.15, 0.2) is 11.1 Å². The van der Waals surface area contributed by atoms with Gasteiger partial charge < -0.3 is 4.55 Å². The summed E-state index contributed by atoms with van der Waals surface area (Å²) in [6.45, 7) is 0. The molecule has 18 heavy (non-hydrogen) atoms. The molecule has 0 spiro atoms. The Labute approximate surface area is 131 Å². The molecule has 0 aromatic heterocycles. The zero-order chi connectivity index (χ0) is 12.3. The molecule has 0 saturated carbocycles. The Morgan fingerprint density at radius 3 is 2.39 bits per heavy atom. The Hall–Kier alpha value is -0.127. The van der Waals surface area contributed by atoms with Gasteiger partial charge in [0, 0.05) is 34.2 Å². The minimum absolute atomic E-state index is 0. The van der Waals surface area contributed by atoms with Gasteiger partial charge in [-0.2, -0.15) is 0 Å². The van der Waals surface area contributed by atoms with Gasteiger partial charge in [-0.25, -0.2) is 4.21 Å². The first-order valence-corrected chi connectivity index (χ1v) is 7.20. The van der Waals surface area contributed by atoms with Crippen molar-refractivity contribution in [2.45, 2.75) is 19.6 Å². The zero-order valence-corrected chi connectivity index (χ0v) is 14.9. The van der Waals surface area contributed by atoms with Gasteiger partial charge in [0.1, 0.15) is 0 Å². The van der Waals surface area contributed by atoms with Crippen molar-refractivity contribution in [3.63, 3.8) is 0 Å². The molecule has 2 aromatic rings. The van der Waals surface area contributed by atoms with E-state index in [2.05, 4.69) is 12.6 Å². The second-order valence-electron chi connectivity index (χ2n) is 3.29. The molecule has 1 unspecified atom stereocenters. The van der Waals surface area contributed by atoms with Gasteiger partial charge in [-0.15, -0.1) is 12.6 Å². The van der Waals surface area contributed by atoms with Crippen molar-refractivity contribution in [3.05, 3.63) is 48.5 Å². The van der Waals surface area contributed by atoms with Crippen LogP contribution in [0.4, 0.5) is 0 Å². The quantitative estimate of drug-likeness (QED) is 0.505. The largest absolute Gasteiger partial charge is 0.302 e. The van der Waals surface area contributed by atoms with Gasteiger partial charge in [0.05, 0.1) is 4.90 Å². The Kier molecular flexibility index (Phi) is 6.60. The predicted octanol–water partition coefficient (Wildman–Crippen LogP) is 3.70. The molecule has 2 nitrogen and oxygen atoms in total. The molecule has 0 bridgehead atoms. The van der Waals surface area contributed by atoms with Gasteiger partial charge >= 0.3 is 0 Å². The van der Waals surface area contributed by atoms with E-state index >= 15 is 0 Å². The van der Waals surface area contributed by atoms with E-state index in [1.807, 2.05) is 30.3 Å². The molecular weight excluding hydrogens is 338 g/mol. The van der Waals surface area contributed by atoms with Crippen molar-refractivity contribution in [2.75, 3.05) is 0 Å². The van der Waals surface area contributed by atoms with Crippen LogP contribution in [0.25, 0.3) is 0 Å². The van der Waals surface area contributed by atoms with E-state index in [-0.39, 0.29) is 19.5 Å². The standard InChI is InChI=1S/C12H10O2S3.Zn/c13-17(14)10-6-7-11(15)12(8-10)16-9-4-2-1-3-5-9;/h1-8,15H,(H,13,14);. The van der Waals surface area contributed by atoms with E-state index < -0.39 is 11.1 Å². The third kappa shape index (κ3) is 4.21. The first-order valence-electron chi connectivity index (χ1n) is 4.83. The van der Waals surface area contributed by atoms with E-state index in [1.54, 1.807) is 18.2 Å². The van der Waals surface area contributed by atoms with Crippen LogP contribution in [0.1, 0.15) is 0 Å². The van der Waals surface area contributed by atoms with Crippen molar-refractivity contribution in [3.8, 4) is 0 Å². The van der Waals surface area contributed by atoms with Crippen molar-refractivity contribution in [2.24, 2.45) is 0 Å². The van der Waals surface area contributed by atoms with Crippen molar-refractivity contribution < 1.29 is 28.2 Å². The summed E-state index contributed by atoms with van der Waals surface area (Å²) in [7, 11) is 0. The third-order valence-corrected chi connectivity index (χ3v) is 4.37. The fraction of sp³-hybridized carbons (Fsp3) is 0. The van der Waals surface area contributed by atoms with E-state index in [9.17, 15) is 4.21 Å². The number of hydrogen-bond acceptors (Lipinski definition) is 3. The van der Waals surface area contributed by atoms with Gasteiger partial charge in [-0.05, 0) is 30.3 Å². The van der Waals surface area contributed by atoms with Crippen molar-refractivity contribution in [1.82, 2.24) is 0 Å². The predicted molar refractivity (Wildman–Crippen MR) is 73.3 cm³/mol. The minimum atomic E-state index is -1.95. The van der Waals surface area contributed by atoms with Crippen molar-refractivity contribution in [1.29, 1.82) is 0 Å². The first-order chi connectivity index (χ1) is 8.16. The molecule has 0 aliphatic carbocycles. The molecule has 0 radical (unpaired) electrons. The fourth-order valence-electron chi connectivity index (χ4n) is 1.30. The summed E-state index contributed by atoms with van der Waals surface area (Å²) >= 11 is 3.91. The maximum absolute atomic E-state index is 11.0. The topological polar surface area (TPSA) is 37.3 Å². The minimum Gasteiger partial charge on any atom is -0.302 e. The van der Waals surface area contributed by atoms with Crippen LogP contribution in [-0.2, 0) is 30.6 Å². The van der Waals surface area contributed by atoms with E-state index in [0.717, 1.165) is 14.7 Å². The molecule has 1 N–H and O–H groups in total. The van der Waals surface area contributed by atoms with Gasteiger partial charge in [-0.3, -0.25) is 0 Å². The molecule has 2 aromatic carbocycles. The third-order valence-electron chi connectivity index (χ3n) is 2.10. The number of hydrogen-bond donors (Lipinski definition) is 2. The summed E-state index contributed by atoms with van der Waals surface area (Å²) in [6, 6.07) is 14.9. The molecule has 1 atom stereocenters. The summed E-state index contributed by atoms with van der Waals surface area (Å²) in [5.41, 5.74) is 0. The van der Waals surface area contributed by atoms with E-state index in [1.165, 1.54) is 11.8 Å². The first kappa shape index (κ1) is 15.9. The Morgan fingerprint density at radius 1 is 1.11 bits per heavy atom. The summed E-state index contributed by atoms with van der Waals surface area (Å²) in [6.07, 6.45) is 0. The second-order valence-corrected chi connectivity index (χ2v) is 5.86. The maximum atomic E-state index is 11.0. The summed E-state index contributed by atoms with van der Waals surface area (Å²) in [5, 5.41) is 0. The summed E-state index contributed by atoms with van der Waals surface area (Å²) in [4.78, 5) is 3.14. The molecule has 2 rings (SSSR count). The van der Waals surface area contributed by atoms with Crippen LogP contribution in [0, 0.1) is 0 Å². The normalized spacial score (nSPS) is 11.7. The van der Waals surface area contributed by atoms with Crippen LogP contribution >= 0.6 is 24.4 Å². The Balaban J connectivity index is 0.00000162. The molecular formula is C12H10O2S3Zn. The SMILES string of the molecule is O=S(O)c1ccc(S)c(Sc2ccccc2)c1.[Zn]. The monoisotopic (exact) mass is 346 g/mol. The van der Waals surface area contributed by atoms with E-state index in [0.29, 0.717) is 4.90 Å². The molecule has 0 heterocycles. The smallest absolute Gasteiger partial charge is 0.186 e. The van der Waals surface area contributed by atoms with Crippen LogP contribution in [0.5, 0.6) is 0 Å². The Bertz CT molecular complexity index is 546. The molecule has 90 valence electrons. The number of rotatable bonds is 3. The fourth-order valence-corrected chi connectivity index (χ4v) is 2.96.